The molecule has 2 aromatic rings. The number of fused-ring (bicyclic) bond motifs is 1. The van der Waals surface area contributed by atoms with Gasteiger partial charge in [0.1, 0.15) is 5.82 Å². The van der Waals surface area contributed by atoms with Crippen LogP contribution in [0, 0.1) is 6.92 Å². The Labute approximate surface area is 85.1 Å². The van der Waals surface area contributed by atoms with Gasteiger partial charge in [0.05, 0.1) is 5.54 Å². The highest BCUT2D eigenvalue weighted by atomic mass is 16.1. The number of hydrogen-bond acceptors (Lipinski definition) is 4. The molecule has 2 heterocycles. The lowest BCUT2D eigenvalue weighted by molar-refractivity contribution is 0.667. The van der Waals surface area contributed by atoms with Gasteiger partial charge in [-0.25, -0.2) is 4.98 Å². The molecule has 15 heavy (non-hydrogen) atoms. The van der Waals surface area contributed by atoms with Gasteiger partial charge in [-0.15, -0.1) is 0 Å². The van der Waals surface area contributed by atoms with E-state index in [9.17, 15) is 4.79 Å². The lowest BCUT2D eigenvalue weighted by Crippen LogP contribution is -2.21. The van der Waals surface area contributed by atoms with Gasteiger partial charge in [-0.05, 0) is 19.8 Å². The molecule has 0 unspecified atom stereocenters. The summed E-state index contributed by atoms with van der Waals surface area (Å²) in [7, 11) is 0. The van der Waals surface area contributed by atoms with Gasteiger partial charge in [0.2, 0.25) is 0 Å². The summed E-state index contributed by atoms with van der Waals surface area (Å²) in [6.07, 6.45) is 1.81. The number of aryl methyl sites for hydroxylation is 1. The molecule has 2 aromatic heterocycles. The number of nitrogens with two attached hydrogens (primary N) is 1. The number of rotatable bonds is 1. The summed E-state index contributed by atoms with van der Waals surface area (Å²) >= 11 is 0. The highest BCUT2D eigenvalue weighted by Gasteiger charge is 2.43. The van der Waals surface area contributed by atoms with Crippen LogP contribution in [-0.4, -0.2) is 19.6 Å². The van der Waals surface area contributed by atoms with E-state index in [-0.39, 0.29) is 11.1 Å². The van der Waals surface area contributed by atoms with Gasteiger partial charge in [0.25, 0.3) is 11.3 Å². The van der Waals surface area contributed by atoms with Gasteiger partial charge in [0.15, 0.2) is 0 Å². The van der Waals surface area contributed by atoms with E-state index in [0.29, 0.717) is 17.3 Å². The predicted octanol–water partition coefficient (Wildman–Crippen LogP) is -0.326. The van der Waals surface area contributed by atoms with Crippen LogP contribution in [0.4, 0.5) is 0 Å². The minimum absolute atomic E-state index is 0.152. The van der Waals surface area contributed by atoms with E-state index in [1.165, 1.54) is 10.6 Å². The molecule has 1 fully saturated rings. The molecule has 6 heteroatoms. The summed E-state index contributed by atoms with van der Waals surface area (Å²) in [5.41, 5.74) is 6.13. The third-order valence-corrected chi connectivity index (χ3v) is 2.72. The Morgan fingerprint density at radius 3 is 2.93 bits per heavy atom. The number of H-pyrrole nitrogens is 1. The van der Waals surface area contributed by atoms with Crippen molar-refractivity contribution in [3.8, 4) is 0 Å². The van der Waals surface area contributed by atoms with Crippen LogP contribution >= 0.6 is 0 Å². The molecule has 0 aromatic carbocycles. The first-order chi connectivity index (χ1) is 7.08. The molecule has 1 aliphatic rings. The Hall–Kier alpha value is -1.69. The van der Waals surface area contributed by atoms with Crippen LogP contribution in [0.25, 0.3) is 5.78 Å². The summed E-state index contributed by atoms with van der Waals surface area (Å²) in [5.74, 6) is 1.05. The lowest BCUT2D eigenvalue weighted by atomic mass is 10.3. The van der Waals surface area contributed by atoms with Gasteiger partial charge < -0.3 is 5.73 Å². The van der Waals surface area contributed by atoms with Crippen molar-refractivity contribution in [3.63, 3.8) is 0 Å². The van der Waals surface area contributed by atoms with E-state index in [1.807, 2.05) is 0 Å². The Balaban J connectivity index is 2.30. The van der Waals surface area contributed by atoms with Crippen LogP contribution in [0.5, 0.6) is 0 Å². The van der Waals surface area contributed by atoms with Crippen LogP contribution in [0.3, 0.4) is 0 Å². The van der Waals surface area contributed by atoms with Gasteiger partial charge >= 0.3 is 0 Å². The first-order valence-electron chi connectivity index (χ1n) is 4.84. The fourth-order valence-electron chi connectivity index (χ4n) is 1.59. The average Bonchev–Trinajstić information content (AvgIpc) is 2.77. The Bertz CT molecular complexity index is 592. The molecule has 0 amide bonds. The number of aromatic amines is 1. The molecule has 1 aliphatic carbocycles. The van der Waals surface area contributed by atoms with Crippen LogP contribution < -0.4 is 11.3 Å². The molecular formula is C9H11N5O. The summed E-state index contributed by atoms with van der Waals surface area (Å²) < 4.78 is 1.33. The summed E-state index contributed by atoms with van der Waals surface area (Å²) in [5, 5.41) is 2.90. The van der Waals surface area contributed by atoms with Crippen LogP contribution in [0.1, 0.15) is 24.4 Å². The number of aromatic nitrogens is 4. The molecule has 1 saturated carbocycles. The summed E-state index contributed by atoms with van der Waals surface area (Å²) in [4.78, 5) is 20.0. The second-order valence-electron chi connectivity index (χ2n) is 4.10. The monoisotopic (exact) mass is 205 g/mol. The maximum Gasteiger partial charge on any atom is 0.274 e. The molecule has 6 nitrogen and oxygen atoms in total. The van der Waals surface area contributed by atoms with Crippen molar-refractivity contribution in [3.05, 3.63) is 27.9 Å². The molecule has 0 bridgehead atoms. The van der Waals surface area contributed by atoms with Gasteiger partial charge in [0, 0.05) is 11.8 Å². The Morgan fingerprint density at radius 2 is 2.27 bits per heavy atom. The van der Waals surface area contributed by atoms with E-state index >= 15 is 0 Å². The molecule has 78 valence electrons. The third-order valence-electron chi connectivity index (χ3n) is 2.72. The predicted molar refractivity (Wildman–Crippen MR) is 53.4 cm³/mol. The zero-order valence-electron chi connectivity index (χ0n) is 8.32. The molecule has 3 rings (SSSR count). The van der Waals surface area contributed by atoms with Gasteiger partial charge in [-0.3, -0.25) is 9.89 Å². The van der Waals surface area contributed by atoms with Gasteiger partial charge in [-0.1, -0.05) is 0 Å². The molecular weight excluding hydrogens is 194 g/mol. The maximum absolute atomic E-state index is 11.6. The molecule has 0 atom stereocenters. The maximum atomic E-state index is 11.6. The molecule has 0 radical (unpaired) electrons. The van der Waals surface area contributed by atoms with Crippen molar-refractivity contribution in [1.82, 2.24) is 19.6 Å². The Morgan fingerprint density at radius 1 is 1.53 bits per heavy atom. The van der Waals surface area contributed by atoms with E-state index in [4.69, 9.17) is 5.73 Å². The number of hydrogen-bond donors (Lipinski definition) is 2. The smallest absolute Gasteiger partial charge is 0.274 e. The van der Waals surface area contributed by atoms with Crippen molar-refractivity contribution in [2.75, 3.05) is 0 Å². The van der Waals surface area contributed by atoms with Crippen molar-refractivity contribution in [1.29, 1.82) is 0 Å². The second-order valence-corrected chi connectivity index (χ2v) is 4.10. The summed E-state index contributed by atoms with van der Waals surface area (Å²) in [6.45, 7) is 1.77. The molecule has 0 saturated heterocycles. The minimum Gasteiger partial charge on any atom is -0.319 e. The van der Waals surface area contributed by atoms with Crippen molar-refractivity contribution in [2.45, 2.75) is 25.3 Å². The van der Waals surface area contributed by atoms with Crippen molar-refractivity contribution < 1.29 is 0 Å². The zero-order chi connectivity index (χ0) is 10.6. The summed E-state index contributed by atoms with van der Waals surface area (Å²) in [6, 6.07) is 1.46. The average molecular weight is 205 g/mol. The normalized spacial score (nSPS) is 18.3. The van der Waals surface area contributed by atoms with Gasteiger partial charge in [-0.2, -0.15) is 9.50 Å². The highest BCUT2D eigenvalue weighted by molar-refractivity contribution is 5.30. The second kappa shape index (κ2) is 2.46. The first kappa shape index (κ1) is 8.60. The number of nitrogens with zero attached hydrogens (tertiary/aromatic N) is 3. The largest absolute Gasteiger partial charge is 0.319 e. The van der Waals surface area contributed by atoms with Crippen LogP contribution in [-0.2, 0) is 5.54 Å². The highest BCUT2D eigenvalue weighted by Crippen LogP contribution is 2.40. The van der Waals surface area contributed by atoms with Crippen LogP contribution in [0.2, 0.25) is 0 Å². The van der Waals surface area contributed by atoms with Crippen molar-refractivity contribution in [2.24, 2.45) is 5.73 Å². The molecule has 0 spiro atoms. The minimum atomic E-state index is -0.367. The third kappa shape index (κ3) is 1.18. The fourth-order valence-corrected chi connectivity index (χ4v) is 1.59. The SMILES string of the molecule is Cc1cc(=O)n2[nH]c(C3(N)CC3)nc2n1. The van der Waals surface area contributed by atoms with E-state index in [2.05, 4.69) is 15.1 Å². The number of nitrogens with one attached hydrogen (secondary N) is 1. The fraction of sp³-hybridized carbons (Fsp3) is 0.444. The van der Waals surface area contributed by atoms with Crippen molar-refractivity contribution >= 4 is 5.78 Å². The van der Waals surface area contributed by atoms with E-state index in [1.54, 1.807) is 6.92 Å². The van der Waals surface area contributed by atoms with E-state index in [0.717, 1.165) is 12.8 Å². The van der Waals surface area contributed by atoms with E-state index < -0.39 is 0 Å². The van der Waals surface area contributed by atoms with Crippen LogP contribution in [0.15, 0.2) is 10.9 Å². The zero-order valence-corrected chi connectivity index (χ0v) is 8.32. The standard InChI is InChI=1S/C9H11N5O/c1-5-4-6(15)14-8(11-5)12-7(13-14)9(10)2-3-9/h4H,2-3,10H2,1H3,(H,11,12,13). The Kier molecular flexibility index (Phi) is 1.41. The quantitative estimate of drug-likeness (QED) is 0.667. The lowest BCUT2D eigenvalue weighted by Gasteiger charge is -2.00. The topological polar surface area (TPSA) is 89.1 Å². The molecule has 0 aliphatic heterocycles. The molecule has 3 N–H and O–H groups in total. The first-order valence-corrected chi connectivity index (χ1v) is 4.84.